The van der Waals surface area contributed by atoms with Crippen LogP contribution in [-0.2, 0) is 17.3 Å². The molecule has 1 aliphatic heterocycles. The zero-order valence-corrected chi connectivity index (χ0v) is 16.6. The van der Waals surface area contributed by atoms with Gasteiger partial charge in [-0.05, 0) is 31.7 Å². The molecule has 2 aromatic heterocycles. The van der Waals surface area contributed by atoms with Gasteiger partial charge in [0, 0.05) is 35.7 Å². The van der Waals surface area contributed by atoms with E-state index in [0.29, 0.717) is 18.7 Å². The minimum absolute atomic E-state index is 0.0119. The fourth-order valence-corrected chi connectivity index (χ4v) is 4.36. The fourth-order valence-electron chi connectivity index (χ4n) is 4.36. The number of hydrogen-bond acceptors (Lipinski definition) is 5. The van der Waals surface area contributed by atoms with Gasteiger partial charge >= 0.3 is 0 Å². The predicted molar refractivity (Wildman–Crippen MR) is 105 cm³/mol. The topological polar surface area (TPSA) is 99.2 Å². The number of carbonyl (C=O) groups is 1. The Morgan fingerprint density at radius 1 is 1.21 bits per heavy atom. The minimum atomic E-state index is -0.225. The van der Waals surface area contributed by atoms with E-state index >= 15 is 0 Å². The van der Waals surface area contributed by atoms with E-state index < -0.39 is 0 Å². The van der Waals surface area contributed by atoms with Gasteiger partial charge in [0.2, 0.25) is 0 Å². The molecule has 1 amide bonds. The Balaban J connectivity index is 1.59. The first-order valence-corrected chi connectivity index (χ1v) is 9.77. The van der Waals surface area contributed by atoms with Crippen LogP contribution in [0.1, 0.15) is 67.5 Å². The zero-order chi connectivity index (χ0) is 20.1. The van der Waals surface area contributed by atoms with E-state index in [9.17, 15) is 14.7 Å². The van der Waals surface area contributed by atoms with E-state index in [1.54, 1.807) is 4.90 Å². The van der Waals surface area contributed by atoms with Crippen LogP contribution in [0, 0.1) is 0 Å². The first kappa shape index (κ1) is 18.7. The molecule has 2 N–H and O–H groups in total. The lowest BCUT2D eigenvalue weighted by Crippen LogP contribution is -2.45. The molecule has 1 spiro atoms. The lowest BCUT2D eigenvalue weighted by Gasteiger charge is -2.39. The van der Waals surface area contributed by atoms with Crippen molar-refractivity contribution in [3.63, 3.8) is 0 Å². The summed E-state index contributed by atoms with van der Waals surface area (Å²) in [5, 5.41) is 9.58. The van der Waals surface area contributed by atoms with Crippen molar-refractivity contribution in [3.8, 4) is 5.75 Å². The number of aromatic amines is 1. The van der Waals surface area contributed by atoms with Gasteiger partial charge in [-0.25, -0.2) is 4.98 Å². The van der Waals surface area contributed by atoms with Crippen molar-refractivity contribution >= 4 is 5.91 Å². The number of hydrogen-bond donors (Lipinski definition) is 2. The maximum absolute atomic E-state index is 12.7. The highest BCUT2D eigenvalue weighted by Crippen LogP contribution is 2.44. The van der Waals surface area contributed by atoms with Crippen LogP contribution in [0.5, 0.6) is 5.75 Å². The van der Waals surface area contributed by atoms with Crippen molar-refractivity contribution < 1.29 is 9.90 Å². The van der Waals surface area contributed by atoms with Crippen LogP contribution in [-0.4, -0.2) is 44.0 Å². The largest absolute Gasteiger partial charge is 0.506 e. The Bertz CT molecular complexity index is 982. The van der Waals surface area contributed by atoms with Crippen molar-refractivity contribution in [2.75, 3.05) is 13.1 Å². The molecule has 0 atom stereocenters. The summed E-state index contributed by atoms with van der Waals surface area (Å²) >= 11 is 0. The second-order valence-electron chi connectivity index (χ2n) is 9.00. The Kier molecular flexibility index (Phi) is 4.28. The number of aromatic hydroxyl groups is 1. The minimum Gasteiger partial charge on any atom is -0.506 e. The van der Waals surface area contributed by atoms with Crippen LogP contribution in [0.25, 0.3) is 0 Å². The summed E-state index contributed by atoms with van der Waals surface area (Å²) in [4.78, 5) is 38.9. The van der Waals surface area contributed by atoms with Crippen LogP contribution in [0.15, 0.2) is 23.3 Å². The van der Waals surface area contributed by atoms with Crippen LogP contribution in [0.2, 0.25) is 0 Å². The van der Waals surface area contributed by atoms with Gasteiger partial charge in [0.05, 0.1) is 17.5 Å². The van der Waals surface area contributed by atoms with E-state index in [0.717, 1.165) is 42.8 Å². The molecule has 3 heterocycles. The number of nitrogens with one attached hydrogen (secondary N) is 1. The Labute approximate surface area is 163 Å². The average Bonchev–Trinajstić information content (AvgIpc) is 3.00. The third-order valence-corrected chi connectivity index (χ3v) is 6.06. The maximum atomic E-state index is 12.7. The van der Waals surface area contributed by atoms with Gasteiger partial charge in [0.15, 0.2) is 0 Å². The van der Waals surface area contributed by atoms with E-state index in [4.69, 9.17) is 4.98 Å². The number of amides is 1. The third-order valence-electron chi connectivity index (χ3n) is 6.06. The van der Waals surface area contributed by atoms with Crippen molar-refractivity contribution in [1.82, 2.24) is 19.9 Å². The summed E-state index contributed by atoms with van der Waals surface area (Å²) in [6.45, 7) is 7.35. The summed E-state index contributed by atoms with van der Waals surface area (Å²) in [5.74, 6) is 0.592. The molecule has 1 fully saturated rings. The van der Waals surface area contributed by atoms with Gasteiger partial charge in [-0.2, -0.15) is 0 Å². The third kappa shape index (κ3) is 3.08. The summed E-state index contributed by atoms with van der Waals surface area (Å²) < 4.78 is 0. The number of carbonyl (C=O) groups excluding carboxylic acids is 1. The molecule has 7 nitrogen and oxygen atoms in total. The smallest absolute Gasteiger partial charge is 0.255 e. The van der Waals surface area contributed by atoms with Crippen molar-refractivity contribution in [1.29, 1.82) is 0 Å². The molecule has 0 aromatic carbocycles. The molecule has 7 heteroatoms. The molecule has 1 saturated heterocycles. The fraction of sp³-hybridized carbons (Fsp3) is 0.524. The van der Waals surface area contributed by atoms with Crippen molar-refractivity contribution in [2.24, 2.45) is 0 Å². The second kappa shape index (κ2) is 6.43. The highest BCUT2D eigenvalue weighted by atomic mass is 16.3. The number of pyridine rings is 1. The molecule has 2 aliphatic rings. The summed E-state index contributed by atoms with van der Waals surface area (Å²) in [5.41, 5.74) is 1.77. The number of piperidine rings is 1. The maximum Gasteiger partial charge on any atom is 0.255 e. The molecular formula is C21H26N4O3. The van der Waals surface area contributed by atoms with Gasteiger partial charge in [-0.1, -0.05) is 20.8 Å². The molecule has 0 unspecified atom stereocenters. The number of likely N-dealkylation sites (tertiary alicyclic amines) is 1. The molecule has 0 bridgehead atoms. The van der Waals surface area contributed by atoms with Crippen LogP contribution in [0.4, 0.5) is 0 Å². The van der Waals surface area contributed by atoms with Crippen molar-refractivity contribution in [2.45, 2.75) is 57.3 Å². The Morgan fingerprint density at radius 2 is 1.93 bits per heavy atom. The predicted octanol–water partition coefficient (Wildman–Crippen LogP) is 2.29. The molecular weight excluding hydrogens is 356 g/mol. The van der Waals surface area contributed by atoms with Gasteiger partial charge < -0.3 is 15.0 Å². The van der Waals surface area contributed by atoms with E-state index in [1.165, 1.54) is 18.5 Å². The first-order valence-electron chi connectivity index (χ1n) is 9.77. The molecule has 1 aliphatic carbocycles. The lowest BCUT2D eigenvalue weighted by molar-refractivity contribution is 0.0662. The normalized spacial score (nSPS) is 18.3. The van der Waals surface area contributed by atoms with Crippen LogP contribution in [0.3, 0.4) is 0 Å². The Hall–Kier alpha value is -2.70. The van der Waals surface area contributed by atoms with E-state index in [2.05, 4.69) is 9.97 Å². The zero-order valence-electron chi connectivity index (χ0n) is 16.6. The van der Waals surface area contributed by atoms with Gasteiger partial charge in [-0.15, -0.1) is 0 Å². The monoisotopic (exact) mass is 382 g/mol. The SMILES string of the molecule is CC(C)(C)c1nc2c(c(=O)[nH]1)CCC21CCN(C(=O)c2cncc(O)c2)CC1. The quantitative estimate of drug-likeness (QED) is 0.788. The molecule has 4 rings (SSSR count). The number of H-pyrrole nitrogens is 1. The molecule has 28 heavy (non-hydrogen) atoms. The molecule has 0 saturated carbocycles. The Morgan fingerprint density at radius 3 is 2.57 bits per heavy atom. The van der Waals surface area contributed by atoms with Crippen LogP contribution < -0.4 is 5.56 Å². The average molecular weight is 382 g/mol. The molecule has 148 valence electrons. The lowest BCUT2D eigenvalue weighted by atomic mass is 9.76. The molecule has 0 radical (unpaired) electrons. The highest BCUT2D eigenvalue weighted by Gasteiger charge is 2.45. The number of aromatic nitrogens is 3. The van der Waals surface area contributed by atoms with Crippen LogP contribution >= 0.6 is 0 Å². The van der Waals surface area contributed by atoms with Crippen molar-refractivity contribution in [3.05, 3.63) is 51.5 Å². The van der Waals surface area contributed by atoms with E-state index in [1.807, 2.05) is 20.8 Å². The van der Waals surface area contributed by atoms with Gasteiger partial charge in [0.25, 0.3) is 11.5 Å². The summed E-state index contributed by atoms with van der Waals surface area (Å²) in [7, 11) is 0. The van der Waals surface area contributed by atoms with E-state index in [-0.39, 0.29) is 28.0 Å². The first-order chi connectivity index (χ1) is 13.2. The summed E-state index contributed by atoms with van der Waals surface area (Å²) in [6, 6.07) is 1.45. The highest BCUT2D eigenvalue weighted by molar-refractivity contribution is 5.94. The standard InChI is InChI=1S/C21H26N4O3/c1-20(2,3)19-23-16-15(17(27)24-19)4-5-21(16)6-8-25(9-7-21)18(28)13-10-14(26)12-22-11-13/h10-12,26H,4-9H2,1-3H3,(H,23,24,27). The van der Waals surface area contributed by atoms with Gasteiger partial charge in [-0.3, -0.25) is 14.6 Å². The summed E-state index contributed by atoms with van der Waals surface area (Å²) in [6.07, 6.45) is 6.02. The molecule has 2 aromatic rings. The number of fused-ring (bicyclic) bond motifs is 2. The second-order valence-corrected chi connectivity index (χ2v) is 9.00. The number of rotatable bonds is 1. The number of nitrogens with zero attached hydrogens (tertiary/aromatic N) is 3. The van der Waals surface area contributed by atoms with Gasteiger partial charge in [0.1, 0.15) is 11.6 Å².